The Morgan fingerprint density at radius 1 is 1.00 bits per heavy atom. The lowest BCUT2D eigenvalue weighted by molar-refractivity contribution is -0.152. The molecule has 7 nitrogen and oxygen atoms in total. The summed E-state index contributed by atoms with van der Waals surface area (Å²) in [5, 5.41) is 2.56. The number of carbonyl (C=O) groups excluding carboxylic acids is 3. The van der Waals surface area contributed by atoms with Crippen molar-refractivity contribution in [2.24, 2.45) is 22.6 Å². The van der Waals surface area contributed by atoms with Gasteiger partial charge in [0, 0.05) is 47.9 Å². The van der Waals surface area contributed by atoms with Gasteiger partial charge in [0.05, 0.1) is 11.4 Å². The molecule has 0 bridgehead atoms. The summed E-state index contributed by atoms with van der Waals surface area (Å²) in [6.07, 6.45) is -16.4. The highest BCUT2D eigenvalue weighted by molar-refractivity contribution is 6.32. The molecule has 1 aliphatic heterocycles. The van der Waals surface area contributed by atoms with Crippen LogP contribution in [-0.4, -0.2) is 49.0 Å². The molecule has 0 spiro atoms. The summed E-state index contributed by atoms with van der Waals surface area (Å²) in [5.74, 6) is -7.21. The first-order valence-electron chi connectivity index (χ1n) is 12.0. The van der Waals surface area contributed by atoms with Crippen LogP contribution in [0.2, 0.25) is 5.02 Å². The molecule has 3 amide bonds. The molecule has 1 aliphatic rings. The fraction of sp³-hybridized carbons (Fsp3) is 0.385. The summed E-state index contributed by atoms with van der Waals surface area (Å²) in [5.41, 5.74) is 6.75. The Hall–Kier alpha value is -3.61. The van der Waals surface area contributed by atoms with Crippen LogP contribution in [0.15, 0.2) is 53.5 Å². The standard InChI is InChI=1S/C26H25ClF6N4O3/c1-37-19-8-7-15(27)13-18(19)20(14-5-3-2-4-6-14)35-22(24(37)40)36-23(39)17(10-12-26(31,32)33)16(21(34)38)9-11-25(28,29)30/h2-8,13,16-17,22H,9-12H2,1H3,(H2,34,38)(H,36,39)/t16-,17+,22?/m0/s1. The quantitative estimate of drug-likeness (QED) is 0.402. The fourth-order valence-corrected chi connectivity index (χ4v) is 4.58. The number of hydrogen-bond acceptors (Lipinski definition) is 4. The molecule has 3 atom stereocenters. The Morgan fingerprint density at radius 3 is 2.12 bits per heavy atom. The number of nitrogens with zero attached hydrogens (tertiary/aromatic N) is 2. The van der Waals surface area contributed by atoms with Crippen LogP contribution in [0.3, 0.4) is 0 Å². The average molecular weight is 591 g/mol. The Morgan fingerprint density at radius 2 is 1.57 bits per heavy atom. The summed E-state index contributed by atoms with van der Waals surface area (Å²) in [6, 6.07) is 13.1. The highest BCUT2D eigenvalue weighted by atomic mass is 35.5. The summed E-state index contributed by atoms with van der Waals surface area (Å²) in [4.78, 5) is 44.3. The molecule has 1 unspecified atom stereocenters. The molecule has 0 fully saturated rings. The Bertz CT molecular complexity index is 1280. The van der Waals surface area contributed by atoms with E-state index in [1.165, 1.54) is 13.1 Å². The predicted molar refractivity (Wildman–Crippen MR) is 136 cm³/mol. The average Bonchev–Trinajstić information content (AvgIpc) is 2.95. The van der Waals surface area contributed by atoms with Crippen LogP contribution >= 0.6 is 11.6 Å². The van der Waals surface area contributed by atoms with Crippen LogP contribution in [0.25, 0.3) is 0 Å². The summed E-state index contributed by atoms with van der Waals surface area (Å²) >= 11 is 6.18. The number of carbonyl (C=O) groups is 3. The van der Waals surface area contributed by atoms with Crippen molar-refractivity contribution in [3.8, 4) is 0 Å². The van der Waals surface area contributed by atoms with Crippen LogP contribution in [0.5, 0.6) is 0 Å². The van der Waals surface area contributed by atoms with E-state index in [9.17, 15) is 40.7 Å². The number of alkyl halides is 6. The van der Waals surface area contributed by atoms with Gasteiger partial charge in [-0.05, 0) is 31.0 Å². The molecule has 0 radical (unpaired) electrons. The van der Waals surface area contributed by atoms with E-state index in [2.05, 4.69) is 10.3 Å². The molecule has 3 rings (SSSR count). The topological polar surface area (TPSA) is 105 Å². The second-order valence-electron chi connectivity index (χ2n) is 9.24. The van der Waals surface area contributed by atoms with Gasteiger partial charge in [-0.1, -0.05) is 41.9 Å². The first-order valence-corrected chi connectivity index (χ1v) is 12.4. The lowest BCUT2D eigenvalue weighted by atomic mass is 9.83. The van der Waals surface area contributed by atoms with Crippen LogP contribution in [0.1, 0.15) is 36.8 Å². The van der Waals surface area contributed by atoms with Crippen molar-refractivity contribution in [3.63, 3.8) is 0 Å². The van der Waals surface area contributed by atoms with Crippen molar-refractivity contribution in [1.29, 1.82) is 0 Å². The van der Waals surface area contributed by atoms with Crippen LogP contribution in [-0.2, 0) is 14.4 Å². The van der Waals surface area contributed by atoms with E-state index >= 15 is 0 Å². The SMILES string of the molecule is CN1C(=O)C(NC(=O)[C@H](CCC(F)(F)F)[C@H](CCC(F)(F)F)C(N)=O)N=C(c2ccccc2)c2cc(Cl)ccc21. The molecule has 1 heterocycles. The zero-order chi connectivity index (χ0) is 29.8. The molecule has 216 valence electrons. The van der Waals surface area contributed by atoms with Crippen molar-refractivity contribution in [2.45, 2.75) is 44.2 Å². The number of likely N-dealkylation sites (N-methyl/N-ethyl adjacent to an activating group) is 1. The number of benzene rings is 2. The van der Waals surface area contributed by atoms with Gasteiger partial charge in [-0.15, -0.1) is 0 Å². The summed E-state index contributed by atoms with van der Waals surface area (Å²) in [7, 11) is 1.38. The second-order valence-corrected chi connectivity index (χ2v) is 9.67. The first kappa shape index (κ1) is 30.9. The number of anilines is 1. The molecule has 2 aromatic rings. The number of primary amides is 1. The third-order valence-electron chi connectivity index (χ3n) is 6.39. The van der Waals surface area contributed by atoms with Crippen molar-refractivity contribution >= 4 is 40.7 Å². The summed E-state index contributed by atoms with van der Waals surface area (Å²) < 4.78 is 77.8. The zero-order valence-electron chi connectivity index (χ0n) is 21.0. The Labute approximate surface area is 230 Å². The number of aliphatic imine (C=N–C) groups is 1. The predicted octanol–water partition coefficient (Wildman–Crippen LogP) is 5.00. The highest BCUT2D eigenvalue weighted by Gasteiger charge is 2.41. The van der Waals surface area contributed by atoms with E-state index in [0.717, 1.165) is 4.90 Å². The number of rotatable bonds is 9. The van der Waals surface area contributed by atoms with E-state index in [0.29, 0.717) is 21.8 Å². The van der Waals surface area contributed by atoms with E-state index in [1.807, 2.05) is 0 Å². The maximum absolute atomic E-state index is 13.4. The Kier molecular flexibility index (Phi) is 9.49. The molecular weight excluding hydrogens is 566 g/mol. The molecule has 0 aliphatic carbocycles. The van der Waals surface area contributed by atoms with Gasteiger partial charge < -0.3 is 16.0 Å². The molecule has 3 N–H and O–H groups in total. The number of amides is 3. The second kappa shape index (κ2) is 12.3. The number of halogens is 7. The molecule has 40 heavy (non-hydrogen) atoms. The molecule has 0 saturated heterocycles. The maximum atomic E-state index is 13.4. The summed E-state index contributed by atoms with van der Waals surface area (Å²) in [6.45, 7) is 0. The largest absolute Gasteiger partial charge is 0.389 e. The van der Waals surface area contributed by atoms with Gasteiger partial charge in [0.1, 0.15) is 0 Å². The van der Waals surface area contributed by atoms with Gasteiger partial charge in [-0.3, -0.25) is 14.4 Å². The zero-order valence-corrected chi connectivity index (χ0v) is 21.8. The van der Waals surface area contributed by atoms with Gasteiger partial charge in [0.15, 0.2) is 0 Å². The lowest BCUT2D eigenvalue weighted by Gasteiger charge is -2.27. The van der Waals surface area contributed by atoms with Crippen LogP contribution < -0.4 is 16.0 Å². The number of hydrogen-bond donors (Lipinski definition) is 2. The minimum Gasteiger partial charge on any atom is -0.369 e. The molecular formula is C26H25ClF6N4O3. The Balaban J connectivity index is 2.03. The smallest absolute Gasteiger partial charge is 0.369 e. The van der Waals surface area contributed by atoms with E-state index < -0.39 is 73.8 Å². The van der Waals surface area contributed by atoms with E-state index in [4.69, 9.17) is 17.3 Å². The van der Waals surface area contributed by atoms with Gasteiger partial charge in [-0.25, -0.2) is 4.99 Å². The van der Waals surface area contributed by atoms with Gasteiger partial charge >= 0.3 is 12.4 Å². The van der Waals surface area contributed by atoms with E-state index in [-0.39, 0.29) is 5.71 Å². The van der Waals surface area contributed by atoms with Gasteiger partial charge in [0.2, 0.25) is 18.0 Å². The van der Waals surface area contributed by atoms with Crippen molar-refractivity contribution in [1.82, 2.24) is 5.32 Å². The van der Waals surface area contributed by atoms with Crippen LogP contribution in [0.4, 0.5) is 32.0 Å². The number of nitrogens with one attached hydrogen (secondary N) is 1. The lowest BCUT2D eigenvalue weighted by Crippen LogP contribution is -2.50. The highest BCUT2D eigenvalue weighted by Crippen LogP contribution is 2.34. The van der Waals surface area contributed by atoms with Crippen molar-refractivity contribution < 1.29 is 40.7 Å². The van der Waals surface area contributed by atoms with Crippen molar-refractivity contribution in [2.75, 3.05) is 11.9 Å². The van der Waals surface area contributed by atoms with Crippen molar-refractivity contribution in [3.05, 3.63) is 64.7 Å². The number of nitrogens with two attached hydrogens (primary N) is 1. The number of fused-ring (bicyclic) bond motifs is 1. The third-order valence-corrected chi connectivity index (χ3v) is 6.62. The van der Waals surface area contributed by atoms with Crippen LogP contribution in [0, 0.1) is 11.8 Å². The van der Waals surface area contributed by atoms with E-state index in [1.54, 1.807) is 42.5 Å². The third kappa shape index (κ3) is 7.96. The minimum atomic E-state index is -4.78. The minimum absolute atomic E-state index is 0.219. The normalized spacial score (nSPS) is 17.4. The molecule has 0 saturated carbocycles. The maximum Gasteiger partial charge on any atom is 0.389 e. The van der Waals surface area contributed by atoms with Gasteiger partial charge in [-0.2, -0.15) is 26.3 Å². The molecule has 2 aromatic carbocycles. The fourth-order valence-electron chi connectivity index (χ4n) is 4.40. The molecule has 14 heteroatoms. The number of benzodiazepines with no additional fused rings is 1. The molecule has 0 aromatic heterocycles. The van der Waals surface area contributed by atoms with Gasteiger partial charge in [0.25, 0.3) is 5.91 Å². The first-order chi connectivity index (χ1) is 18.6. The monoisotopic (exact) mass is 590 g/mol.